The van der Waals surface area contributed by atoms with Crippen LogP contribution < -0.4 is 0 Å². The molecule has 7 heteroatoms. The predicted molar refractivity (Wildman–Crippen MR) is 104 cm³/mol. The number of fused-ring (bicyclic) bond motifs is 2. The standard InChI is InChI=1S/C21H18N4O3/c26-20(14-5-6-18-19(11-14)28-13-23-18)24-7-9-25(10-8-24)21(27)16-12-22-17-4-2-1-3-15(16)17/h1-6,11-13,22H,7-10H2. The summed E-state index contributed by atoms with van der Waals surface area (Å²) in [7, 11) is 0. The molecule has 1 aliphatic rings. The van der Waals surface area contributed by atoms with Gasteiger partial charge < -0.3 is 19.2 Å². The van der Waals surface area contributed by atoms with Crippen molar-refractivity contribution >= 4 is 33.8 Å². The Balaban J connectivity index is 1.29. The molecule has 2 amide bonds. The Morgan fingerprint density at radius 3 is 2.54 bits per heavy atom. The number of para-hydroxylation sites is 1. The van der Waals surface area contributed by atoms with E-state index in [2.05, 4.69) is 9.97 Å². The number of benzene rings is 2. The van der Waals surface area contributed by atoms with E-state index in [1.807, 2.05) is 24.3 Å². The first-order valence-electron chi connectivity index (χ1n) is 9.18. The van der Waals surface area contributed by atoms with Crippen molar-refractivity contribution in [3.63, 3.8) is 0 Å². The Morgan fingerprint density at radius 2 is 1.71 bits per heavy atom. The number of carbonyl (C=O) groups excluding carboxylic acids is 2. The summed E-state index contributed by atoms with van der Waals surface area (Å²) in [4.78, 5) is 36.5. The summed E-state index contributed by atoms with van der Waals surface area (Å²) >= 11 is 0. The molecule has 5 rings (SSSR count). The molecule has 28 heavy (non-hydrogen) atoms. The lowest BCUT2D eigenvalue weighted by Gasteiger charge is -2.34. The summed E-state index contributed by atoms with van der Waals surface area (Å²) < 4.78 is 5.28. The molecule has 0 radical (unpaired) electrons. The number of carbonyl (C=O) groups is 2. The van der Waals surface area contributed by atoms with Crippen molar-refractivity contribution in [2.75, 3.05) is 26.2 Å². The smallest absolute Gasteiger partial charge is 0.256 e. The van der Waals surface area contributed by atoms with E-state index in [0.717, 1.165) is 16.4 Å². The summed E-state index contributed by atoms with van der Waals surface area (Å²) in [5.41, 5.74) is 3.51. The maximum absolute atomic E-state index is 12.9. The van der Waals surface area contributed by atoms with Crippen LogP contribution in [0.3, 0.4) is 0 Å². The number of nitrogens with zero attached hydrogens (tertiary/aromatic N) is 3. The van der Waals surface area contributed by atoms with Gasteiger partial charge in [0.05, 0.1) is 5.56 Å². The lowest BCUT2D eigenvalue weighted by atomic mass is 10.1. The number of hydrogen-bond donors (Lipinski definition) is 1. The Kier molecular flexibility index (Phi) is 3.86. The van der Waals surface area contributed by atoms with Crippen LogP contribution in [0.5, 0.6) is 0 Å². The lowest BCUT2D eigenvalue weighted by Crippen LogP contribution is -2.50. The maximum atomic E-state index is 12.9. The van der Waals surface area contributed by atoms with E-state index in [1.54, 1.807) is 34.2 Å². The number of hydrogen-bond acceptors (Lipinski definition) is 4. The van der Waals surface area contributed by atoms with E-state index < -0.39 is 0 Å². The van der Waals surface area contributed by atoms with E-state index in [-0.39, 0.29) is 11.8 Å². The second kappa shape index (κ2) is 6.53. The third-order valence-electron chi connectivity index (χ3n) is 5.25. The predicted octanol–water partition coefficient (Wildman–Crippen LogP) is 2.91. The van der Waals surface area contributed by atoms with Crippen LogP contribution in [0.25, 0.3) is 22.0 Å². The van der Waals surface area contributed by atoms with E-state index in [9.17, 15) is 9.59 Å². The van der Waals surface area contributed by atoms with Crippen molar-refractivity contribution in [1.29, 1.82) is 0 Å². The molecule has 3 heterocycles. The van der Waals surface area contributed by atoms with E-state index in [4.69, 9.17) is 4.42 Å². The molecule has 0 spiro atoms. The fourth-order valence-electron chi connectivity index (χ4n) is 3.70. The van der Waals surface area contributed by atoms with Crippen LogP contribution in [0.1, 0.15) is 20.7 Å². The Bertz CT molecular complexity index is 1180. The molecule has 0 bridgehead atoms. The molecule has 0 unspecified atom stereocenters. The zero-order valence-electron chi connectivity index (χ0n) is 15.1. The van der Waals surface area contributed by atoms with E-state index >= 15 is 0 Å². The number of piperazine rings is 1. The molecule has 2 aromatic carbocycles. The summed E-state index contributed by atoms with van der Waals surface area (Å²) in [6, 6.07) is 13.0. The van der Waals surface area contributed by atoms with E-state index in [0.29, 0.717) is 42.9 Å². The molecule has 140 valence electrons. The maximum Gasteiger partial charge on any atom is 0.256 e. The van der Waals surface area contributed by atoms with Crippen LogP contribution in [0.15, 0.2) is 59.5 Å². The van der Waals surface area contributed by atoms with Crippen molar-refractivity contribution in [2.24, 2.45) is 0 Å². The molecule has 1 aliphatic heterocycles. The van der Waals surface area contributed by atoms with Crippen LogP contribution in [0, 0.1) is 0 Å². The minimum atomic E-state index is -0.0579. The number of nitrogens with one attached hydrogen (secondary N) is 1. The van der Waals surface area contributed by atoms with Crippen molar-refractivity contribution in [2.45, 2.75) is 0 Å². The summed E-state index contributed by atoms with van der Waals surface area (Å²) in [6.07, 6.45) is 3.13. The first kappa shape index (κ1) is 16.6. The Morgan fingerprint density at radius 1 is 0.964 bits per heavy atom. The number of H-pyrrole nitrogens is 1. The summed E-state index contributed by atoms with van der Waals surface area (Å²) in [6.45, 7) is 2.02. The first-order valence-corrected chi connectivity index (χ1v) is 9.18. The van der Waals surface area contributed by atoms with Gasteiger partial charge in [0, 0.05) is 48.8 Å². The average Bonchev–Trinajstić information content (AvgIpc) is 3.39. The molecular weight excluding hydrogens is 356 g/mol. The summed E-state index contributed by atoms with van der Waals surface area (Å²) in [5, 5.41) is 0.923. The minimum Gasteiger partial charge on any atom is -0.443 e. The van der Waals surface area contributed by atoms with Crippen molar-refractivity contribution < 1.29 is 14.0 Å². The SMILES string of the molecule is O=C(c1ccc2ncoc2c1)N1CCN(C(=O)c2c[nH]c3ccccc23)CC1. The highest BCUT2D eigenvalue weighted by Crippen LogP contribution is 2.21. The van der Waals surface area contributed by atoms with Crippen LogP contribution >= 0.6 is 0 Å². The molecule has 7 nitrogen and oxygen atoms in total. The Labute approximate surface area is 160 Å². The van der Waals surface area contributed by atoms with Crippen LogP contribution in [0.4, 0.5) is 0 Å². The Hall–Kier alpha value is -3.61. The van der Waals surface area contributed by atoms with Crippen LogP contribution in [0.2, 0.25) is 0 Å². The van der Waals surface area contributed by atoms with Crippen LogP contribution in [-0.4, -0.2) is 57.8 Å². The van der Waals surface area contributed by atoms with Gasteiger partial charge in [0.2, 0.25) is 0 Å². The van der Waals surface area contributed by atoms with Gasteiger partial charge in [-0.05, 0) is 24.3 Å². The van der Waals surface area contributed by atoms with Crippen molar-refractivity contribution in [1.82, 2.24) is 19.8 Å². The zero-order chi connectivity index (χ0) is 19.1. The number of rotatable bonds is 2. The highest BCUT2D eigenvalue weighted by molar-refractivity contribution is 6.06. The van der Waals surface area contributed by atoms with Crippen molar-refractivity contribution in [3.8, 4) is 0 Å². The van der Waals surface area contributed by atoms with Gasteiger partial charge in [-0.2, -0.15) is 0 Å². The second-order valence-corrected chi connectivity index (χ2v) is 6.87. The summed E-state index contributed by atoms with van der Waals surface area (Å²) in [5.74, 6) is -0.0647. The van der Waals surface area contributed by atoms with Gasteiger partial charge in [-0.25, -0.2) is 4.98 Å². The van der Waals surface area contributed by atoms with Gasteiger partial charge in [0.25, 0.3) is 11.8 Å². The van der Waals surface area contributed by atoms with Crippen LogP contribution in [-0.2, 0) is 0 Å². The van der Waals surface area contributed by atoms with Gasteiger partial charge in [0.15, 0.2) is 12.0 Å². The number of oxazole rings is 1. The average molecular weight is 374 g/mol. The highest BCUT2D eigenvalue weighted by atomic mass is 16.3. The van der Waals surface area contributed by atoms with Crippen molar-refractivity contribution in [3.05, 3.63) is 66.2 Å². The molecule has 1 saturated heterocycles. The number of aromatic amines is 1. The van der Waals surface area contributed by atoms with Gasteiger partial charge in [-0.1, -0.05) is 18.2 Å². The fourth-order valence-corrected chi connectivity index (χ4v) is 3.70. The molecule has 4 aromatic rings. The highest BCUT2D eigenvalue weighted by Gasteiger charge is 2.27. The number of amides is 2. The minimum absolute atomic E-state index is 0.00683. The normalized spacial score (nSPS) is 14.7. The molecule has 0 atom stereocenters. The fraction of sp³-hybridized carbons (Fsp3) is 0.190. The topological polar surface area (TPSA) is 82.4 Å². The lowest BCUT2D eigenvalue weighted by molar-refractivity contribution is 0.0536. The van der Waals surface area contributed by atoms with Gasteiger partial charge in [-0.3, -0.25) is 9.59 Å². The quantitative estimate of drug-likeness (QED) is 0.585. The zero-order valence-corrected chi connectivity index (χ0v) is 15.1. The number of aromatic nitrogens is 2. The molecule has 1 fully saturated rings. The molecule has 2 aromatic heterocycles. The molecule has 1 N–H and O–H groups in total. The monoisotopic (exact) mass is 374 g/mol. The van der Waals surface area contributed by atoms with E-state index in [1.165, 1.54) is 6.39 Å². The van der Waals surface area contributed by atoms with Gasteiger partial charge in [0.1, 0.15) is 5.52 Å². The largest absolute Gasteiger partial charge is 0.443 e. The van der Waals surface area contributed by atoms with Gasteiger partial charge in [-0.15, -0.1) is 0 Å². The molecule has 0 aliphatic carbocycles. The third-order valence-corrected chi connectivity index (χ3v) is 5.25. The second-order valence-electron chi connectivity index (χ2n) is 6.87. The first-order chi connectivity index (χ1) is 13.7. The third kappa shape index (κ3) is 2.72. The molecular formula is C21H18N4O3. The molecule has 0 saturated carbocycles. The van der Waals surface area contributed by atoms with Gasteiger partial charge >= 0.3 is 0 Å².